The van der Waals surface area contributed by atoms with Crippen LogP contribution in [0, 0.1) is 99.9 Å². The summed E-state index contributed by atoms with van der Waals surface area (Å²) in [5.41, 5.74) is 16.1. The van der Waals surface area contributed by atoms with Crippen LogP contribution in [0.2, 0.25) is 0 Å². The molecule has 0 amide bonds. The molecule has 2 radical (unpaired) electrons. The van der Waals surface area contributed by atoms with Crippen LogP contribution in [0.15, 0.2) is 107 Å². The third kappa shape index (κ3) is 21.1. The van der Waals surface area contributed by atoms with Crippen molar-refractivity contribution in [2.45, 2.75) is 69.2 Å². The second-order valence-corrected chi connectivity index (χ2v) is 12.3. The summed E-state index contributed by atoms with van der Waals surface area (Å²) in [6, 6.07) is 33.2. The Balaban J connectivity index is 0. The Bertz CT molecular complexity index is 1790. The first-order chi connectivity index (χ1) is 25.4. The van der Waals surface area contributed by atoms with E-state index >= 15 is 0 Å². The van der Waals surface area contributed by atoms with Crippen LogP contribution in [-0.2, 0) is 44.8 Å². The topological polar surface area (TPSA) is 185 Å². The molecule has 0 fully saturated rings. The zero-order valence-corrected chi connectivity index (χ0v) is 37.5. The predicted octanol–water partition coefficient (Wildman–Crippen LogP) is 12.4. The fourth-order valence-corrected chi connectivity index (χ4v) is 4.96. The van der Waals surface area contributed by atoms with Crippen LogP contribution in [0.4, 0.5) is 22.7 Å². The fraction of sp³-hybridized carbons (Fsp3) is 0.238. The van der Waals surface area contributed by atoms with E-state index in [-0.39, 0.29) is 44.8 Å². The van der Waals surface area contributed by atoms with Gasteiger partial charge in [-0.2, -0.15) is 0 Å². The van der Waals surface area contributed by atoms with Crippen molar-refractivity contribution in [3.8, 4) is 0 Å². The number of aliphatic imine (C=N–C) groups is 2. The molecule has 0 saturated carbocycles. The van der Waals surface area contributed by atoms with E-state index in [1.165, 1.54) is 55.6 Å². The Kier molecular flexibility index (Phi) is 26.8. The largest absolute Gasteiger partial charge is 0.443 e. The zero-order chi connectivity index (χ0) is 40.8. The van der Waals surface area contributed by atoms with E-state index in [4.69, 9.17) is 30.6 Å². The molecular weight excluding hydrogens is 1080 g/mol. The monoisotopic (exact) mass is 1130 g/mol. The molecule has 56 heavy (non-hydrogen) atoms. The second kappa shape index (κ2) is 28.3. The Morgan fingerprint density at radius 1 is 0.411 bits per heavy atom. The summed E-state index contributed by atoms with van der Waals surface area (Å²) >= 11 is 0. The van der Waals surface area contributed by atoms with Crippen LogP contribution in [0.25, 0.3) is 10.6 Å². The molecular formula is C42H48Au2N6O6-4. The molecule has 0 aromatic heterocycles. The van der Waals surface area contributed by atoms with Crippen molar-refractivity contribution < 1.29 is 54.9 Å². The molecule has 12 nitrogen and oxygen atoms in total. The summed E-state index contributed by atoms with van der Waals surface area (Å²) in [4.78, 5) is 25.5. The van der Waals surface area contributed by atoms with Crippen LogP contribution in [-0.4, -0.2) is 22.9 Å². The molecule has 0 aliphatic carbocycles. The van der Waals surface area contributed by atoms with E-state index in [2.05, 4.69) is 163 Å². The number of para-hydroxylation sites is 4. The molecule has 5 rings (SSSR count). The van der Waals surface area contributed by atoms with Crippen molar-refractivity contribution in [2.24, 2.45) is 9.98 Å². The number of benzene rings is 5. The van der Waals surface area contributed by atoms with Gasteiger partial charge in [-0.15, -0.1) is 0 Å². The van der Waals surface area contributed by atoms with Crippen LogP contribution >= 0.6 is 0 Å². The molecule has 14 heteroatoms. The van der Waals surface area contributed by atoms with Gasteiger partial charge in [0.25, 0.3) is 0 Å². The average Bonchev–Trinajstić information content (AvgIpc) is 3.08. The van der Waals surface area contributed by atoms with Gasteiger partial charge in [0.15, 0.2) is 0 Å². The maximum absolute atomic E-state index is 8.25. The van der Waals surface area contributed by atoms with Gasteiger partial charge in [0.1, 0.15) is 0 Å². The van der Waals surface area contributed by atoms with Gasteiger partial charge in [-0.1, -0.05) is 121 Å². The molecule has 0 heterocycles. The van der Waals surface area contributed by atoms with Crippen LogP contribution in [0.5, 0.6) is 0 Å². The Morgan fingerprint density at radius 3 is 0.821 bits per heavy atom. The van der Waals surface area contributed by atoms with E-state index in [9.17, 15) is 0 Å². The van der Waals surface area contributed by atoms with Crippen LogP contribution in [0.1, 0.15) is 55.6 Å². The number of rotatable bonds is 6. The van der Waals surface area contributed by atoms with Crippen molar-refractivity contribution in [2.75, 3.05) is 0 Å². The Morgan fingerprint density at radius 2 is 0.607 bits per heavy atom. The third-order valence-electron chi connectivity index (χ3n) is 7.72. The van der Waals surface area contributed by atoms with E-state index in [1.54, 1.807) is 12.7 Å². The number of nitrogens with zero attached hydrogens (tertiary/aromatic N) is 6. The Hall–Kier alpha value is -5.08. The summed E-state index contributed by atoms with van der Waals surface area (Å²) < 4.78 is 0. The number of hydrogen-bond acceptors (Lipinski definition) is 8. The molecule has 5 aromatic carbocycles. The fourth-order valence-electron chi connectivity index (χ4n) is 4.96. The van der Waals surface area contributed by atoms with E-state index in [1.807, 2.05) is 24.3 Å². The van der Waals surface area contributed by atoms with E-state index < -0.39 is 10.2 Å². The maximum Gasteiger partial charge on any atom is 0.0689 e. The normalized spacial score (nSPS) is 9.61. The van der Waals surface area contributed by atoms with Crippen molar-refractivity contribution >= 4 is 35.4 Å². The molecule has 0 saturated heterocycles. The number of aryl methyl sites for hydroxylation is 10. The quantitative estimate of drug-likeness (QED) is 0.0535. The number of hydrogen-bond donors (Lipinski definition) is 0. The standard InChI is InChI=1S/2C17H19N2.C8H10.2Au.2NO3/c2*1-12-7-5-8-13(2)16(12)18-11-19-17-14(3)9-6-10-15(17)4;1-7-3-5-8(2)6-4-7;;;2*2-1(3)4/h2*5-11H,1-4H3;3-6H,1-2H3;;;;/q2*-1;;;;2*-1. The molecule has 0 atom stereocenters. The van der Waals surface area contributed by atoms with Gasteiger partial charge in [-0.25, -0.2) is 0 Å². The average molecular weight is 1130 g/mol. The van der Waals surface area contributed by atoms with Gasteiger partial charge in [0.05, 0.1) is 10.2 Å². The SMILES string of the molecule is Cc1ccc(C)cc1.Cc1cccc(C)c1N=C[N-]c1c(C)cccc1C.Cc1cccc(C)c1N=C[N-]c1c(C)cccc1C.O=[N+]([O-])[O-].O=[N+]([O-])[O-].[Au].[Au]. The predicted molar refractivity (Wildman–Crippen MR) is 223 cm³/mol. The van der Waals surface area contributed by atoms with E-state index in [0.717, 1.165) is 22.7 Å². The summed E-state index contributed by atoms with van der Waals surface area (Å²) in [7, 11) is 0. The van der Waals surface area contributed by atoms with Gasteiger partial charge >= 0.3 is 0 Å². The van der Waals surface area contributed by atoms with Crippen molar-refractivity contribution in [1.29, 1.82) is 0 Å². The zero-order valence-electron chi connectivity index (χ0n) is 33.1. The molecule has 0 unspecified atom stereocenters. The van der Waals surface area contributed by atoms with E-state index in [0.29, 0.717) is 0 Å². The van der Waals surface area contributed by atoms with Gasteiger partial charge < -0.3 is 51.3 Å². The van der Waals surface area contributed by atoms with Crippen molar-refractivity contribution in [3.63, 3.8) is 0 Å². The summed E-state index contributed by atoms with van der Waals surface area (Å²) in [6.45, 7) is 20.7. The maximum atomic E-state index is 8.25. The molecule has 0 N–H and O–H groups in total. The first-order valence-corrected chi connectivity index (χ1v) is 16.8. The first-order valence-electron chi connectivity index (χ1n) is 16.8. The second-order valence-electron chi connectivity index (χ2n) is 12.3. The van der Waals surface area contributed by atoms with Gasteiger partial charge in [0.2, 0.25) is 0 Å². The Labute approximate surface area is 361 Å². The van der Waals surface area contributed by atoms with Crippen LogP contribution in [0.3, 0.4) is 0 Å². The molecule has 0 aliphatic heterocycles. The molecule has 308 valence electrons. The molecule has 0 aliphatic rings. The summed E-state index contributed by atoms with van der Waals surface area (Å²) in [5.74, 6) is 0. The molecule has 0 spiro atoms. The van der Waals surface area contributed by atoms with Gasteiger partial charge in [-0.05, 0) is 136 Å². The minimum atomic E-state index is -1.75. The molecule has 5 aromatic rings. The smallest absolute Gasteiger partial charge is 0.0689 e. The first kappa shape index (κ1) is 53.0. The van der Waals surface area contributed by atoms with Crippen molar-refractivity contribution in [1.82, 2.24) is 0 Å². The minimum absolute atomic E-state index is 0. The van der Waals surface area contributed by atoms with Crippen molar-refractivity contribution in [3.05, 3.63) is 194 Å². The minimum Gasteiger partial charge on any atom is -0.443 e. The van der Waals surface area contributed by atoms with Gasteiger partial charge in [0, 0.05) is 44.8 Å². The third-order valence-corrected chi connectivity index (χ3v) is 7.72. The summed E-state index contributed by atoms with van der Waals surface area (Å²) in [5, 5.41) is 38.5. The summed E-state index contributed by atoms with van der Waals surface area (Å²) in [6.07, 6.45) is 3.31. The van der Waals surface area contributed by atoms with Gasteiger partial charge in [-0.3, -0.25) is 0 Å². The molecule has 0 bridgehead atoms. The van der Waals surface area contributed by atoms with Crippen LogP contribution < -0.4 is 0 Å².